The minimum absolute atomic E-state index is 0.621. The van der Waals surface area contributed by atoms with E-state index in [1.54, 1.807) is 0 Å². The first kappa shape index (κ1) is 9.89. The second-order valence-electron chi connectivity index (χ2n) is 3.14. The molecule has 74 valence electrons. The Labute approximate surface area is 93.3 Å². The van der Waals surface area contributed by atoms with Gasteiger partial charge in [-0.05, 0) is 24.3 Å². The van der Waals surface area contributed by atoms with Gasteiger partial charge in [0.2, 0.25) is 0 Å². The molecular formula is C14H12S. The van der Waals surface area contributed by atoms with Crippen LogP contribution in [0.25, 0.3) is 0 Å². The summed E-state index contributed by atoms with van der Waals surface area (Å²) in [4.78, 5) is 2.47. The maximum absolute atomic E-state index is 5.62. The van der Waals surface area contributed by atoms with Gasteiger partial charge in [-0.15, -0.1) is 17.3 Å². The molecule has 15 heavy (non-hydrogen) atoms. The summed E-state index contributed by atoms with van der Waals surface area (Å²) in [6, 6.07) is 20.5. The molecule has 0 aliphatic heterocycles. The van der Waals surface area contributed by atoms with E-state index < -0.39 is 10.9 Å². The largest absolute Gasteiger partial charge is 0.135 e. The van der Waals surface area contributed by atoms with E-state index in [0.717, 1.165) is 0 Å². The number of terminal acetylenes is 1. The third-order valence-corrected chi connectivity index (χ3v) is 4.05. The summed E-state index contributed by atoms with van der Waals surface area (Å²) in [7, 11) is -0.621. The third kappa shape index (κ3) is 2.23. The minimum atomic E-state index is -0.621. The molecule has 0 unspecified atom stereocenters. The first-order valence-electron chi connectivity index (χ1n) is 4.78. The Kier molecular flexibility index (Phi) is 3.11. The Morgan fingerprint density at radius 3 is 1.47 bits per heavy atom. The average Bonchev–Trinajstić information content (AvgIpc) is 2.33. The van der Waals surface area contributed by atoms with Crippen LogP contribution in [0.1, 0.15) is 0 Å². The Morgan fingerprint density at radius 2 is 1.13 bits per heavy atom. The van der Waals surface area contributed by atoms with Gasteiger partial charge in [-0.25, -0.2) is 0 Å². The highest BCUT2D eigenvalue weighted by molar-refractivity contribution is 8.21. The van der Waals surface area contributed by atoms with E-state index >= 15 is 0 Å². The summed E-state index contributed by atoms with van der Waals surface area (Å²) in [6.07, 6.45) is 5.62. The van der Waals surface area contributed by atoms with Gasteiger partial charge in [0.15, 0.2) is 0 Å². The normalized spacial score (nSPS) is 10.5. The van der Waals surface area contributed by atoms with Crippen molar-refractivity contribution in [3.63, 3.8) is 0 Å². The van der Waals surface area contributed by atoms with E-state index in [0.29, 0.717) is 0 Å². The maximum Gasteiger partial charge on any atom is 0.00205 e. The van der Waals surface area contributed by atoms with Crippen molar-refractivity contribution in [1.82, 2.24) is 0 Å². The predicted molar refractivity (Wildman–Crippen MR) is 67.2 cm³/mol. The lowest BCUT2D eigenvalue weighted by Gasteiger charge is -2.15. The SMILES string of the molecule is C#C[SH](c1ccccc1)c1ccccc1. The topological polar surface area (TPSA) is 0 Å². The minimum Gasteiger partial charge on any atom is -0.135 e. The quantitative estimate of drug-likeness (QED) is 0.569. The molecule has 2 aromatic carbocycles. The number of rotatable bonds is 2. The number of hydrogen-bond donors (Lipinski definition) is 1. The molecule has 1 heteroatoms. The van der Waals surface area contributed by atoms with Gasteiger partial charge in [0.25, 0.3) is 0 Å². The number of thiol groups is 1. The summed E-state index contributed by atoms with van der Waals surface area (Å²) in [5, 5.41) is 2.90. The highest BCUT2D eigenvalue weighted by Gasteiger charge is 2.04. The summed E-state index contributed by atoms with van der Waals surface area (Å²) >= 11 is 0. The second kappa shape index (κ2) is 4.72. The molecule has 0 radical (unpaired) electrons. The standard InChI is InChI=1S/C14H12S/c1-2-15(13-9-5-3-6-10-13)14-11-7-4-8-12-14/h1,3-12,15H. The molecule has 0 bridgehead atoms. The molecule has 0 atom stereocenters. The maximum atomic E-state index is 5.62. The molecule has 0 N–H and O–H groups in total. The van der Waals surface area contributed by atoms with Gasteiger partial charge in [0.1, 0.15) is 0 Å². The van der Waals surface area contributed by atoms with Gasteiger partial charge >= 0.3 is 0 Å². The van der Waals surface area contributed by atoms with Crippen LogP contribution in [0.3, 0.4) is 0 Å². The smallest absolute Gasteiger partial charge is 0.00205 e. The van der Waals surface area contributed by atoms with Gasteiger partial charge in [0, 0.05) is 9.79 Å². The lowest BCUT2D eigenvalue weighted by atomic mass is 10.4. The Balaban J connectivity index is 2.39. The predicted octanol–water partition coefficient (Wildman–Crippen LogP) is 3.70. The Morgan fingerprint density at radius 1 is 0.733 bits per heavy atom. The van der Waals surface area contributed by atoms with Crippen molar-refractivity contribution in [1.29, 1.82) is 0 Å². The van der Waals surface area contributed by atoms with Crippen LogP contribution in [0.5, 0.6) is 0 Å². The van der Waals surface area contributed by atoms with Crippen LogP contribution in [0, 0.1) is 11.7 Å². The van der Waals surface area contributed by atoms with Crippen LogP contribution in [0.2, 0.25) is 0 Å². The molecule has 0 saturated heterocycles. The van der Waals surface area contributed by atoms with Crippen molar-refractivity contribution in [3.05, 3.63) is 60.7 Å². The second-order valence-corrected chi connectivity index (χ2v) is 5.10. The molecule has 0 saturated carbocycles. The molecule has 0 nitrogen and oxygen atoms in total. The van der Waals surface area contributed by atoms with E-state index in [4.69, 9.17) is 6.42 Å². The molecule has 0 aliphatic rings. The summed E-state index contributed by atoms with van der Waals surface area (Å²) < 4.78 is 0. The molecular weight excluding hydrogens is 200 g/mol. The van der Waals surface area contributed by atoms with Gasteiger partial charge < -0.3 is 0 Å². The van der Waals surface area contributed by atoms with Gasteiger partial charge in [-0.1, -0.05) is 41.7 Å². The van der Waals surface area contributed by atoms with Crippen LogP contribution in [-0.2, 0) is 0 Å². The van der Waals surface area contributed by atoms with E-state index in [9.17, 15) is 0 Å². The fourth-order valence-corrected chi connectivity index (χ4v) is 2.99. The summed E-state index contributed by atoms with van der Waals surface area (Å²) in [6.45, 7) is 0. The number of hydrogen-bond acceptors (Lipinski definition) is 0. The molecule has 2 aromatic rings. The van der Waals surface area contributed by atoms with E-state index in [2.05, 4.69) is 29.5 Å². The van der Waals surface area contributed by atoms with Crippen molar-refractivity contribution < 1.29 is 0 Å². The molecule has 0 spiro atoms. The third-order valence-electron chi connectivity index (χ3n) is 2.16. The lowest BCUT2D eigenvalue weighted by molar-refractivity contribution is 1.40. The highest BCUT2D eigenvalue weighted by Crippen LogP contribution is 2.42. The monoisotopic (exact) mass is 212 g/mol. The van der Waals surface area contributed by atoms with Crippen molar-refractivity contribution in [3.8, 4) is 11.7 Å². The van der Waals surface area contributed by atoms with Crippen LogP contribution >= 0.6 is 10.9 Å². The highest BCUT2D eigenvalue weighted by atomic mass is 32.2. The molecule has 2 rings (SSSR count). The lowest BCUT2D eigenvalue weighted by Crippen LogP contribution is -1.81. The van der Waals surface area contributed by atoms with Gasteiger partial charge in [-0.3, -0.25) is 0 Å². The van der Waals surface area contributed by atoms with Crippen molar-refractivity contribution in [2.75, 3.05) is 0 Å². The van der Waals surface area contributed by atoms with E-state index in [1.807, 2.05) is 36.4 Å². The molecule has 0 amide bonds. The molecule has 0 fully saturated rings. The fraction of sp³-hybridized carbons (Fsp3) is 0. The Bertz CT molecular complexity index is 414. The average molecular weight is 212 g/mol. The van der Waals surface area contributed by atoms with Crippen LogP contribution in [0.4, 0.5) is 0 Å². The molecule has 0 aromatic heterocycles. The van der Waals surface area contributed by atoms with E-state index in [-0.39, 0.29) is 0 Å². The zero-order chi connectivity index (χ0) is 10.5. The van der Waals surface area contributed by atoms with E-state index in [1.165, 1.54) is 9.79 Å². The van der Waals surface area contributed by atoms with Crippen molar-refractivity contribution in [2.45, 2.75) is 9.79 Å². The Hall–Kier alpha value is -1.65. The summed E-state index contributed by atoms with van der Waals surface area (Å²) in [5.74, 6) is 0. The molecule has 0 aliphatic carbocycles. The van der Waals surface area contributed by atoms with Crippen LogP contribution < -0.4 is 0 Å². The van der Waals surface area contributed by atoms with Gasteiger partial charge in [0.05, 0.1) is 0 Å². The first-order valence-corrected chi connectivity index (χ1v) is 6.12. The van der Waals surface area contributed by atoms with Crippen LogP contribution in [-0.4, -0.2) is 0 Å². The van der Waals surface area contributed by atoms with Crippen LogP contribution in [0.15, 0.2) is 70.5 Å². The molecule has 0 heterocycles. The summed E-state index contributed by atoms with van der Waals surface area (Å²) in [5.41, 5.74) is 0. The zero-order valence-corrected chi connectivity index (χ0v) is 9.19. The number of benzene rings is 2. The first-order chi connectivity index (χ1) is 7.42. The van der Waals surface area contributed by atoms with Crippen molar-refractivity contribution in [2.24, 2.45) is 0 Å². The zero-order valence-electron chi connectivity index (χ0n) is 8.30. The fourth-order valence-electron chi connectivity index (χ4n) is 1.45. The van der Waals surface area contributed by atoms with Gasteiger partial charge in [-0.2, -0.15) is 0 Å². The van der Waals surface area contributed by atoms with Crippen molar-refractivity contribution >= 4 is 10.9 Å².